The van der Waals surface area contributed by atoms with Gasteiger partial charge >= 0.3 is 0 Å². The summed E-state index contributed by atoms with van der Waals surface area (Å²) in [7, 11) is 0. The number of Topliss-reactive ketones (excluding diaryl/α,β-unsaturated/α-hetero) is 1. The summed E-state index contributed by atoms with van der Waals surface area (Å²) in [5, 5.41) is 22.7. The van der Waals surface area contributed by atoms with Crippen molar-refractivity contribution in [2.75, 3.05) is 0 Å². The summed E-state index contributed by atoms with van der Waals surface area (Å²) in [5.74, 6) is -0.145. The van der Waals surface area contributed by atoms with Crippen molar-refractivity contribution in [1.82, 2.24) is 0 Å². The topological polar surface area (TPSA) is 57.5 Å². The fraction of sp³-hybridized carbons (Fsp3) is 0.619. The molecule has 1 aliphatic rings. The Labute approximate surface area is 187 Å². The van der Waals surface area contributed by atoms with Crippen LogP contribution in [0.4, 0.5) is 0 Å². The fourth-order valence-corrected chi connectivity index (χ4v) is 4.75. The van der Waals surface area contributed by atoms with Gasteiger partial charge in [-0.25, -0.2) is 0 Å². The van der Waals surface area contributed by atoms with E-state index in [-0.39, 0.29) is 56.7 Å². The quantitative estimate of drug-likeness (QED) is 0.300. The summed E-state index contributed by atoms with van der Waals surface area (Å²) in [5.41, 5.74) is 0.925. The normalized spacial score (nSPS) is 24.2. The molecule has 1 saturated carbocycles. The third-order valence-corrected chi connectivity index (χ3v) is 6.09. The molecule has 1 aromatic heterocycles. The predicted molar refractivity (Wildman–Crippen MR) is 104 cm³/mol. The molecule has 0 spiro atoms. The molecule has 5 heteroatoms. The van der Waals surface area contributed by atoms with Gasteiger partial charge in [0.15, 0.2) is 0 Å². The van der Waals surface area contributed by atoms with E-state index in [1.54, 1.807) is 11.3 Å². The van der Waals surface area contributed by atoms with Crippen molar-refractivity contribution in [3.63, 3.8) is 0 Å². The summed E-state index contributed by atoms with van der Waals surface area (Å²) in [6.07, 6.45) is 9.81. The van der Waals surface area contributed by atoms with Crippen LogP contribution < -0.4 is 0 Å². The van der Waals surface area contributed by atoms with Crippen LogP contribution in [-0.4, -0.2) is 22.1 Å². The molecule has 0 aliphatic heterocycles. The number of aliphatic hydroxyl groups excluding tert-OH is 2. The number of unbranched alkanes of at least 4 members (excludes halogenated alkanes) is 3. The Morgan fingerprint density at radius 3 is 2.85 bits per heavy atom. The first-order chi connectivity index (χ1) is 12.1. The predicted octanol–water partition coefficient (Wildman–Crippen LogP) is 4.95. The van der Waals surface area contributed by atoms with Crippen molar-refractivity contribution in [3.8, 4) is 0 Å². The van der Waals surface area contributed by atoms with Crippen LogP contribution in [0.15, 0.2) is 23.6 Å². The van der Waals surface area contributed by atoms with Crippen LogP contribution in [0.25, 0.3) is 0 Å². The number of allylic oxidation sites excluding steroid dienone is 2. The summed E-state index contributed by atoms with van der Waals surface area (Å²) in [6, 6.07) is 2.00. The molecule has 2 rings (SSSR count). The summed E-state index contributed by atoms with van der Waals surface area (Å²) >= 11 is 1.56. The van der Waals surface area contributed by atoms with E-state index in [0.29, 0.717) is 6.42 Å². The fourth-order valence-electron chi connectivity index (χ4n) is 3.57. The van der Waals surface area contributed by atoms with Gasteiger partial charge < -0.3 is 17.1 Å². The number of carbonyl (C=O) groups excluding carboxylic acids is 1. The maximum Gasteiger partial charge on any atom is 0.139 e. The second-order valence-electron chi connectivity index (χ2n) is 7.01. The number of aliphatic hydroxyl groups is 2. The van der Waals surface area contributed by atoms with E-state index in [2.05, 4.69) is 19.9 Å². The molecule has 0 saturated heterocycles. The van der Waals surface area contributed by atoms with Gasteiger partial charge in [-0.15, -0.1) is 11.3 Å². The first-order valence-electron chi connectivity index (χ1n) is 9.49. The van der Waals surface area contributed by atoms with Crippen LogP contribution in [0.2, 0.25) is 0 Å². The van der Waals surface area contributed by atoms with Gasteiger partial charge in [0.05, 0.1) is 12.2 Å². The van der Waals surface area contributed by atoms with Gasteiger partial charge in [0.2, 0.25) is 0 Å². The third kappa shape index (κ3) is 6.63. The van der Waals surface area contributed by atoms with Crippen molar-refractivity contribution in [2.24, 2.45) is 5.92 Å². The Kier molecular flexibility index (Phi) is 11.7. The minimum Gasteiger partial charge on any atom is -0.392 e. The van der Waals surface area contributed by atoms with Crippen molar-refractivity contribution < 1.29 is 47.7 Å². The molecule has 1 radical (unpaired) electrons. The molecule has 26 heavy (non-hydrogen) atoms. The minimum atomic E-state index is -0.609. The van der Waals surface area contributed by atoms with Crippen molar-refractivity contribution in [1.29, 1.82) is 0 Å². The smallest absolute Gasteiger partial charge is 0.139 e. The monoisotopic (exact) mass is 452 g/mol. The third-order valence-electron chi connectivity index (χ3n) is 5.03. The van der Waals surface area contributed by atoms with E-state index >= 15 is 0 Å². The molecule has 4 atom stereocenters. The van der Waals surface area contributed by atoms with Crippen LogP contribution in [0.5, 0.6) is 0 Å². The zero-order valence-corrected chi connectivity index (χ0v) is 19.4. The average molecular weight is 452 g/mol. The molecule has 0 bridgehead atoms. The SMILES string of the molecule is [CH2-]CC/C=C\CC1C(=O)C[C@@H](O)C1c1cc(C(O)CCCCC)cs1.[Y]. The number of rotatable bonds is 10. The Morgan fingerprint density at radius 2 is 2.15 bits per heavy atom. The van der Waals surface area contributed by atoms with E-state index in [1.165, 1.54) is 0 Å². The van der Waals surface area contributed by atoms with E-state index in [1.807, 2.05) is 17.5 Å². The summed E-state index contributed by atoms with van der Waals surface area (Å²) in [6.45, 7) is 5.96. The molecule has 2 N–H and O–H groups in total. The van der Waals surface area contributed by atoms with E-state index < -0.39 is 12.2 Å². The average Bonchev–Trinajstić information content (AvgIpc) is 3.16. The molecule has 143 valence electrons. The number of hydrogen-bond donors (Lipinski definition) is 2. The Morgan fingerprint density at radius 1 is 1.38 bits per heavy atom. The standard InChI is InChI=1S/C21H31O3S.Y/c1-3-5-7-9-10-16-18(23)13-19(24)21(16)20-12-15(14-25-20)17(22)11-8-6-4-2;/h7,9,12,14,16-17,19,21-22,24H,1,3-6,8,10-11,13H2,2H3;/q-1;/b9-7-;/t16?,17?,19-,21?;/m1./s1. The molecule has 1 aromatic rings. The Hall–Kier alpha value is 0.134. The van der Waals surface area contributed by atoms with Crippen LogP contribution in [-0.2, 0) is 37.5 Å². The first kappa shape index (κ1) is 24.2. The molecular weight excluding hydrogens is 421 g/mol. The van der Waals surface area contributed by atoms with Crippen molar-refractivity contribution >= 4 is 17.1 Å². The molecule has 1 fully saturated rings. The number of thiophene rings is 1. The molecule has 3 unspecified atom stereocenters. The zero-order valence-electron chi connectivity index (χ0n) is 15.8. The van der Waals surface area contributed by atoms with Crippen LogP contribution >= 0.6 is 11.3 Å². The first-order valence-corrected chi connectivity index (χ1v) is 10.4. The van der Waals surface area contributed by atoms with E-state index in [9.17, 15) is 15.0 Å². The van der Waals surface area contributed by atoms with Gasteiger partial charge in [0.1, 0.15) is 5.78 Å². The number of hydrogen-bond acceptors (Lipinski definition) is 4. The van der Waals surface area contributed by atoms with Crippen LogP contribution in [0, 0.1) is 12.8 Å². The molecule has 3 nitrogen and oxygen atoms in total. The van der Waals surface area contributed by atoms with Gasteiger partial charge in [0.25, 0.3) is 0 Å². The largest absolute Gasteiger partial charge is 0.392 e. The molecular formula is C21H31O3SY-. The van der Waals surface area contributed by atoms with E-state index in [0.717, 1.165) is 49.0 Å². The Balaban J connectivity index is 0.00000338. The van der Waals surface area contributed by atoms with Crippen molar-refractivity contribution in [2.45, 2.75) is 76.4 Å². The maximum atomic E-state index is 12.3. The van der Waals surface area contributed by atoms with Gasteiger partial charge in [0, 0.05) is 55.8 Å². The Bertz CT molecular complexity index is 569. The number of ketones is 1. The molecule has 1 aliphatic carbocycles. The van der Waals surface area contributed by atoms with Crippen molar-refractivity contribution in [3.05, 3.63) is 41.0 Å². The zero-order chi connectivity index (χ0) is 18.2. The maximum absolute atomic E-state index is 12.3. The van der Waals surface area contributed by atoms with Crippen LogP contribution in [0.3, 0.4) is 0 Å². The second kappa shape index (κ2) is 12.6. The summed E-state index contributed by atoms with van der Waals surface area (Å²) < 4.78 is 0. The molecule has 1 heterocycles. The second-order valence-corrected chi connectivity index (χ2v) is 7.96. The summed E-state index contributed by atoms with van der Waals surface area (Å²) in [4.78, 5) is 13.3. The minimum absolute atomic E-state index is 0. The van der Waals surface area contributed by atoms with Gasteiger partial charge in [-0.05, 0) is 29.9 Å². The van der Waals surface area contributed by atoms with Gasteiger partial charge in [-0.3, -0.25) is 4.79 Å². The molecule has 0 amide bonds. The van der Waals surface area contributed by atoms with Crippen LogP contribution in [0.1, 0.15) is 80.8 Å². The molecule has 0 aromatic carbocycles. The van der Waals surface area contributed by atoms with E-state index in [4.69, 9.17) is 0 Å². The van der Waals surface area contributed by atoms with Gasteiger partial charge in [-0.1, -0.05) is 44.8 Å². The number of carbonyl (C=O) groups is 1. The van der Waals surface area contributed by atoms with Gasteiger partial charge in [-0.2, -0.15) is 6.42 Å².